The topological polar surface area (TPSA) is 46.2 Å². The molecule has 0 atom stereocenters. The van der Waals surface area contributed by atoms with Gasteiger partial charge in [0.1, 0.15) is 0 Å². The lowest BCUT2D eigenvalue weighted by atomic mass is 10.2. The Balaban J connectivity index is 2.65. The lowest BCUT2D eigenvalue weighted by Crippen LogP contribution is -2.29. The van der Waals surface area contributed by atoms with Gasteiger partial charge in [0.2, 0.25) is 5.91 Å². The third kappa shape index (κ3) is 2.71. The van der Waals surface area contributed by atoms with Gasteiger partial charge >= 0.3 is 0 Å². The van der Waals surface area contributed by atoms with E-state index >= 15 is 0 Å². The highest BCUT2D eigenvalue weighted by molar-refractivity contribution is 6.04. The fraction of sp³-hybridized carbons (Fsp3) is 0.200. The van der Waals surface area contributed by atoms with Gasteiger partial charge in [-0.2, -0.15) is 0 Å². The van der Waals surface area contributed by atoms with Crippen LogP contribution in [0, 0.1) is 0 Å². The minimum atomic E-state index is -0.340. The highest BCUT2D eigenvalue weighted by atomic mass is 16.2. The van der Waals surface area contributed by atoms with E-state index < -0.39 is 0 Å². The molecule has 0 spiro atoms. The first kappa shape index (κ1) is 9.45. The highest BCUT2D eigenvalue weighted by Gasteiger charge is 2.06. The summed E-state index contributed by atoms with van der Waals surface area (Å²) >= 11 is 0. The maximum atomic E-state index is 11.3. The molecule has 0 saturated heterocycles. The van der Waals surface area contributed by atoms with Crippen molar-refractivity contribution in [1.82, 2.24) is 5.32 Å². The largest absolute Gasteiger partial charge is 0.292 e. The fourth-order valence-electron chi connectivity index (χ4n) is 0.877. The molecule has 0 aliphatic rings. The van der Waals surface area contributed by atoms with Crippen LogP contribution in [0.15, 0.2) is 30.3 Å². The van der Waals surface area contributed by atoms with E-state index in [4.69, 9.17) is 0 Å². The summed E-state index contributed by atoms with van der Waals surface area (Å²) in [6, 6.07) is 8.66. The van der Waals surface area contributed by atoms with Crippen LogP contribution in [0.5, 0.6) is 0 Å². The first-order valence-electron chi connectivity index (χ1n) is 4.13. The normalized spacial score (nSPS) is 9.31. The number of hydrogen-bond donors (Lipinski definition) is 1. The molecule has 1 aromatic carbocycles. The summed E-state index contributed by atoms with van der Waals surface area (Å²) in [5.74, 6) is -0.596. The standard InChI is InChI=1S/C10H11NO2/c1-2-9(12)11-10(13)8-6-4-3-5-7-8/h3-7H,2H2,1H3,(H,11,12,13). The summed E-state index contributed by atoms with van der Waals surface area (Å²) in [5.41, 5.74) is 0.504. The first-order chi connectivity index (χ1) is 6.24. The second-order valence-corrected chi connectivity index (χ2v) is 2.60. The fourth-order valence-corrected chi connectivity index (χ4v) is 0.877. The smallest absolute Gasteiger partial charge is 0.257 e. The van der Waals surface area contributed by atoms with E-state index in [1.54, 1.807) is 31.2 Å². The van der Waals surface area contributed by atoms with Gasteiger partial charge in [0, 0.05) is 12.0 Å². The van der Waals surface area contributed by atoms with Gasteiger partial charge in [-0.05, 0) is 12.1 Å². The Morgan fingerprint density at radius 3 is 2.38 bits per heavy atom. The first-order valence-corrected chi connectivity index (χ1v) is 4.13. The van der Waals surface area contributed by atoms with Crippen LogP contribution in [0.2, 0.25) is 0 Å². The zero-order chi connectivity index (χ0) is 9.68. The van der Waals surface area contributed by atoms with Gasteiger partial charge in [0.05, 0.1) is 0 Å². The molecule has 2 amide bonds. The van der Waals surface area contributed by atoms with Gasteiger partial charge < -0.3 is 0 Å². The molecule has 1 N–H and O–H groups in total. The quantitative estimate of drug-likeness (QED) is 0.741. The molecule has 0 aliphatic heterocycles. The van der Waals surface area contributed by atoms with Crippen LogP contribution in [0.25, 0.3) is 0 Å². The molecule has 0 radical (unpaired) electrons. The molecule has 0 bridgehead atoms. The van der Waals surface area contributed by atoms with E-state index in [0.29, 0.717) is 12.0 Å². The third-order valence-electron chi connectivity index (χ3n) is 1.61. The summed E-state index contributed by atoms with van der Waals surface area (Å²) in [6.07, 6.45) is 0.318. The van der Waals surface area contributed by atoms with E-state index in [2.05, 4.69) is 5.32 Å². The van der Waals surface area contributed by atoms with Crippen molar-refractivity contribution in [3.63, 3.8) is 0 Å². The van der Waals surface area contributed by atoms with E-state index in [0.717, 1.165) is 0 Å². The van der Waals surface area contributed by atoms with Gasteiger partial charge in [0.15, 0.2) is 0 Å². The van der Waals surface area contributed by atoms with Crippen molar-refractivity contribution < 1.29 is 9.59 Å². The van der Waals surface area contributed by atoms with E-state index in [9.17, 15) is 9.59 Å². The van der Waals surface area contributed by atoms with Crippen LogP contribution < -0.4 is 5.32 Å². The molecular formula is C10H11NO2. The van der Waals surface area contributed by atoms with Gasteiger partial charge in [-0.15, -0.1) is 0 Å². The van der Waals surface area contributed by atoms with Gasteiger partial charge in [-0.25, -0.2) is 0 Å². The van der Waals surface area contributed by atoms with Crippen LogP contribution in [-0.4, -0.2) is 11.8 Å². The number of benzene rings is 1. The Morgan fingerprint density at radius 2 is 1.85 bits per heavy atom. The van der Waals surface area contributed by atoms with Crippen molar-refractivity contribution >= 4 is 11.8 Å². The predicted molar refractivity (Wildman–Crippen MR) is 49.2 cm³/mol. The molecule has 68 valence electrons. The van der Waals surface area contributed by atoms with E-state index in [-0.39, 0.29) is 11.8 Å². The lowest BCUT2D eigenvalue weighted by Gasteiger charge is -2.00. The van der Waals surface area contributed by atoms with E-state index in [1.807, 2.05) is 6.07 Å². The molecule has 1 aromatic rings. The lowest BCUT2D eigenvalue weighted by molar-refractivity contribution is -0.119. The van der Waals surface area contributed by atoms with Crippen molar-refractivity contribution in [2.24, 2.45) is 0 Å². The number of nitrogens with one attached hydrogen (secondary N) is 1. The highest BCUT2D eigenvalue weighted by Crippen LogP contribution is 1.97. The van der Waals surface area contributed by atoms with Crippen molar-refractivity contribution in [2.75, 3.05) is 0 Å². The molecule has 0 heterocycles. The zero-order valence-corrected chi connectivity index (χ0v) is 7.41. The van der Waals surface area contributed by atoms with Gasteiger partial charge in [-0.1, -0.05) is 25.1 Å². The average Bonchev–Trinajstić information content (AvgIpc) is 2.19. The Bertz CT molecular complexity index is 306. The van der Waals surface area contributed by atoms with Crippen molar-refractivity contribution in [3.05, 3.63) is 35.9 Å². The third-order valence-corrected chi connectivity index (χ3v) is 1.61. The molecule has 0 fully saturated rings. The molecule has 0 aliphatic carbocycles. The zero-order valence-electron chi connectivity index (χ0n) is 7.41. The minimum Gasteiger partial charge on any atom is -0.292 e. The van der Waals surface area contributed by atoms with Crippen molar-refractivity contribution in [1.29, 1.82) is 0 Å². The summed E-state index contributed by atoms with van der Waals surface area (Å²) in [5, 5.41) is 2.27. The number of carbonyl (C=O) groups is 2. The second-order valence-electron chi connectivity index (χ2n) is 2.60. The van der Waals surface area contributed by atoms with Crippen LogP contribution in [0.3, 0.4) is 0 Å². The summed E-state index contributed by atoms with van der Waals surface area (Å²) in [6.45, 7) is 1.70. The second kappa shape index (κ2) is 4.40. The molecule has 0 aromatic heterocycles. The van der Waals surface area contributed by atoms with Crippen LogP contribution in [0.1, 0.15) is 23.7 Å². The molecular weight excluding hydrogens is 166 g/mol. The van der Waals surface area contributed by atoms with Crippen LogP contribution >= 0.6 is 0 Å². The molecule has 3 nitrogen and oxygen atoms in total. The Kier molecular flexibility index (Phi) is 3.20. The predicted octanol–water partition coefficient (Wildman–Crippen LogP) is 1.35. The molecule has 13 heavy (non-hydrogen) atoms. The number of carbonyl (C=O) groups excluding carboxylic acids is 2. The number of rotatable bonds is 2. The number of amides is 2. The monoisotopic (exact) mass is 177 g/mol. The van der Waals surface area contributed by atoms with Gasteiger partial charge in [-0.3, -0.25) is 14.9 Å². The van der Waals surface area contributed by atoms with Crippen molar-refractivity contribution in [3.8, 4) is 0 Å². The minimum absolute atomic E-state index is 0.256. The molecule has 0 saturated carbocycles. The van der Waals surface area contributed by atoms with Crippen molar-refractivity contribution in [2.45, 2.75) is 13.3 Å². The Labute approximate surface area is 76.8 Å². The summed E-state index contributed by atoms with van der Waals surface area (Å²) in [4.78, 5) is 22.1. The number of hydrogen-bond acceptors (Lipinski definition) is 2. The van der Waals surface area contributed by atoms with Crippen LogP contribution in [-0.2, 0) is 4.79 Å². The van der Waals surface area contributed by atoms with E-state index in [1.165, 1.54) is 0 Å². The molecule has 0 unspecified atom stereocenters. The SMILES string of the molecule is CCC(=O)NC(=O)c1ccccc1. The maximum absolute atomic E-state index is 11.3. The maximum Gasteiger partial charge on any atom is 0.257 e. The molecule has 1 rings (SSSR count). The number of imide groups is 1. The summed E-state index contributed by atoms with van der Waals surface area (Å²) in [7, 11) is 0. The Hall–Kier alpha value is -1.64. The average molecular weight is 177 g/mol. The molecule has 3 heteroatoms. The van der Waals surface area contributed by atoms with Crippen LogP contribution in [0.4, 0.5) is 0 Å². The summed E-state index contributed by atoms with van der Waals surface area (Å²) < 4.78 is 0. The van der Waals surface area contributed by atoms with Gasteiger partial charge in [0.25, 0.3) is 5.91 Å². The Morgan fingerprint density at radius 1 is 1.23 bits per heavy atom.